The normalized spacial score (nSPS) is 9.82. The van der Waals surface area contributed by atoms with Crippen molar-refractivity contribution in [3.63, 3.8) is 0 Å². The molecule has 0 aliphatic carbocycles. The van der Waals surface area contributed by atoms with E-state index in [0.717, 1.165) is 8.95 Å². The highest BCUT2D eigenvalue weighted by Gasteiger charge is 2.09. The molecule has 92 valence electrons. The zero-order chi connectivity index (χ0) is 12.8. The average molecular weight is 364 g/mol. The first-order valence-electron chi connectivity index (χ1n) is 4.98. The molecule has 1 rings (SSSR count). The van der Waals surface area contributed by atoms with Gasteiger partial charge in [-0.25, -0.2) is 0 Å². The summed E-state index contributed by atoms with van der Waals surface area (Å²) in [6.45, 7) is 2.27. The number of carbonyl (C=O) groups excluding carboxylic acids is 2. The molecule has 0 fully saturated rings. The van der Waals surface area contributed by atoms with Crippen molar-refractivity contribution in [3.8, 4) is 0 Å². The first-order valence-corrected chi connectivity index (χ1v) is 6.57. The largest absolute Gasteiger partial charge is 0.355 e. The molecule has 6 heteroatoms. The summed E-state index contributed by atoms with van der Waals surface area (Å²) in [7, 11) is 0. The molecule has 0 unspecified atom stereocenters. The molecule has 0 aromatic heterocycles. The molecule has 0 aliphatic heterocycles. The minimum absolute atomic E-state index is 0.107. The number of hydrogen-bond donors (Lipinski definition) is 2. The fourth-order valence-corrected chi connectivity index (χ4v) is 2.41. The maximum atomic E-state index is 11.8. The van der Waals surface area contributed by atoms with Gasteiger partial charge in [0.15, 0.2) is 0 Å². The summed E-state index contributed by atoms with van der Waals surface area (Å²) in [6, 6.07) is 5.33. The van der Waals surface area contributed by atoms with E-state index in [1.807, 2.05) is 6.07 Å². The maximum Gasteiger partial charge on any atom is 0.252 e. The van der Waals surface area contributed by atoms with Crippen LogP contribution in [0.3, 0.4) is 0 Å². The quantitative estimate of drug-likeness (QED) is 0.804. The molecule has 0 aliphatic rings. The van der Waals surface area contributed by atoms with E-state index in [1.165, 1.54) is 6.92 Å². The fourth-order valence-electron chi connectivity index (χ4n) is 1.18. The van der Waals surface area contributed by atoms with Gasteiger partial charge in [-0.1, -0.05) is 15.9 Å². The van der Waals surface area contributed by atoms with Gasteiger partial charge < -0.3 is 10.6 Å². The molecular weight excluding hydrogens is 352 g/mol. The predicted octanol–water partition coefficient (Wildman–Crippen LogP) is 2.08. The van der Waals surface area contributed by atoms with Gasteiger partial charge in [-0.2, -0.15) is 0 Å². The predicted molar refractivity (Wildman–Crippen MR) is 72.9 cm³/mol. The smallest absolute Gasteiger partial charge is 0.252 e. The Balaban J connectivity index is 2.50. The number of carbonyl (C=O) groups is 2. The Labute approximate surface area is 116 Å². The molecule has 2 N–H and O–H groups in total. The minimum atomic E-state index is -0.172. The number of nitrogens with one attached hydrogen (secondary N) is 2. The molecule has 1 aromatic carbocycles. The maximum absolute atomic E-state index is 11.8. The molecule has 4 nitrogen and oxygen atoms in total. The van der Waals surface area contributed by atoms with Crippen LogP contribution in [-0.4, -0.2) is 24.9 Å². The van der Waals surface area contributed by atoms with Crippen LogP contribution in [-0.2, 0) is 4.79 Å². The summed E-state index contributed by atoms with van der Waals surface area (Å²) in [5, 5.41) is 5.32. The fraction of sp³-hybridized carbons (Fsp3) is 0.273. The molecule has 17 heavy (non-hydrogen) atoms. The number of halogens is 2. The Hall–Kier alpha value is -0.880. The van der Waals surface area contributed by atoms with Crippen molar-refractivity contribution >= 4 is 43.7 Å². The van der Waals surface area contributed by atoms with E-state index in [0.29, 0.717) is 18.7 Å². The van der Waals surface area contributed by atoms with Gasteiger partial charge in [0, 0.05) is 29.0 Å². The Morgan fingerprint density at radius 2 is 1.82 bits per heavy atom. The van der Waals surface area contributed by atoms with E-state index in [2.05, 4.69) is 42.5 Å². The standard InChI is InChI=1S/C11H12Br2N2O2/c1-7(16)14-4-5-15-11(17)9-3-2-8(12)6-10(9)13/h2-3,6H,4-5H2,1H3,(H,14,16)(H,15,17). The molecular formula is C11H12Br2N2O2. The zero-order valence-corrected chi connectivity index (χ0v) is 12.4. The summed E-state index contributed by atoms with van der Waals surface area (Å²) in [5.74, 6) is -0.279. The third kappa shape index (κ3) is 4.87. The zero-order valence-electron chi connectivity index (χ0n) is 9.22. The van der Waals surface area contributed by atoms with Gasteiger partial charge in [0.2, 0.25) is 5.91 Å². The molecule has 0 heterocycles. The van der Waals surface area contributed by atoms with E-state index in [4.69, 9.17) is 0 Å². The van der Waals surface area contributed by atoms with Crippen LogP contribution in [0, 0.1) is 0 Å². The van der Waals surface area contributed by atoms with Crippen LogP contribution in [0.1, 0.15) is 17.3 Å². The third-order valence-corrected chi connectivity index (χ3v) is 3.11. The van der Waals surface area contributed by atoms with Crippen LogP contribution in [0.25, 0.3) is 0 Å². The van der Waals surface area contributed by atoms with Gasteiger partial charge in [-0.15, -0.1) is 0 Å². The van der Waals surface area contributed by atoms with Crippen LogP contribution in [0.15, 0.2) is 27.1 Å². The minimum Gasteiger partial charge on any atom is -0.355 e. The monoisotopic (exact) mass is 362 g/mol. The Morgan fingerprint density at radius 3 is 2.41 bits per heavy atom. The highest BCUT2D eigenvalue weighted by Crippen LogP contribution is 2.21. The van der Waals surface area contributed by atoms with E-state index in [9.17, 15) is 9.59 Å². The first kappa shape index (κ1) is 14.2. The number of hydrogen-bond acceptors (Lipinski definition) is 2. The van der Waals surface area contributed by atoms with Gasteiger partial charge in [-0.3, -0.25) is 9.59 Å². The summed E-state index contributed by atoms with van der Waals surface area (Å²) in [5.41, 5.74) is 0.566. The van der Waals surface area contributed by atoms with Gasteiger partial charge >= 0.3 is 0 Å². The molecule has 0 saturated carbocycles. The van der Waals surface area contributed by atoms with Crippen molar-refractivity contribution < 1.29 is 9.59 Å². The van der Waals surface area contributed by atoms with Gasteiger partial charge in [0.05, 0.1) is 5.56 Å². The number of rotatable bonds is 4. The van der Waals surface area contributed by atoms with Crippen LogP contribution >= 0.6 is 31.9 Å². The number of amides is 2. The molecule has 0 spiro atoms. The van der Waals surface area contributed by atoms with Crippen LogP contribution in [0.4, 0.5) is 0 Å². The van der Waals surface area contributed by atoms with E-state index in [-0.39, 0.29) is 11.8 Å². The second-order valence-corrected chi connectivity index (χ2v) is 5.13. The van der Waals surface area contributed by atoms with Crippen molar-refractivity contribution in [3.05, 3.63) is 32.7 Å². The van der Waals surface area contributed by atoms with E-state index in [1.54, 1.807) is 12.1 Å². The lowest BCUT2D eigenvalue weighted by Gasteiger charge is -2.07. The summed E-state index contributed by atoms with van der Waals surface area (Å²) in [6.07, 6.45) is 0. The Kier molecular flexibility index (Phi) is 5.64. The lowest BCUT2D eigenvalue weighted by molar-refractivity contribution is -0.118. The molecule has 1 aromatic rings. The Bertz CT molecular complexity index is 435. The summed E-state index contributed by atoms with van der Waals surface area (Å²) in [4.78, 5) is 22.4. The summed E-state index contributed by atoms with van der Waals surface area (Å²) >= 11 is 6.64. The van der Waals surface area contributed by atoms with Crippen molar-refractivity contribution in [2.45, 2.75) is 6.92 Å². The third-order valence-electron chi connectivity index (χ3n) is 1.96. The van der Waals surface area contributed by atoms with Crippen LogP contribution < -0.4 is 10.6 Å². The number of benzene rings is 1. The first-order chi connectivity index (χ1) is 8.00. The second-order valence-electron chi connectivity index (χ2n) is 3.36. The topological polar surface area (TPSA) is 58.2 Å². The molecule has 0 bridgehead atoms. The van der Waals surface area contributed by atoms with Crippen molar-refractivity contribution in [1.82, 2.24) is 10.6 Å². The SMILES string of the molecule is CC(=O)NCCNC(=O)c1ccc(Br)cc1Br. The molecule has 0 radical (unpaired) electrons. The highest BCUT2D eigenvalue weighted by atomic mass is 79.9. The van der Waals surface area contributed by atoms with E-state index < -0.39 is 0 Å². The van der Waals surface area contributed by atoms with E-state index >= 15 is 0 Å². The highest BCUT2D eigenvalue weighted by molar-refractivity contribution is 9.11. The lowest BCUT2D eigenvalue weighted by atomic mass is 10.2. The van der Waals surface area contributed by atoms with Crippen molar-refractivity contribution in [2.24, 2.45) is 0 Å². The van der Waals surface area contributed by atoms with Crippen LogP contribution in [0.5, 0.6) is 0 Å². The lowest BCUT2D eigenvalue weighted by Crippen LogP contribution is -2.33. The molecule has 0 atom stereocenters. The Morgan fingerprint density at radius 1 is 1.18 bits per heavy atom. The summed E-state index contributed by atoms with van der Waals surface area (Å²) < 4.78 is 1.63. The van der Waals surface area contributed by atoms with Gasteiger partial charge in [0.25, 0.3) is 5.91 Å². The molecule has 2 amide bonds. The average Bonchev–Trinajstić information content (AvgIpc) is 2.23. The van der Waals surface area contributed by atoms with Gasteiger partial charge in [-0.05, 0) is 34.1 Å². The van der Waals surface area contributed by atoms with Gasteiger partial charge in [0.1, 0.15) is 0 Å². The van der Waals surface area contributed by atoms with Crippen LogP contribution in [0.2, 0.25) is 0 Å². The van der Waals surface area contributed by atoms with Crippen molar-refractivity contribution in [2.75, 3.05) is 13.1 Å². The van der Waals surface area contributed by atoms with Crippen molar-refractivity contribution in [1.29, 1.82) is 0 Å². The second kappa shape index (κ2) is 6.76. The molecule has 0 saturated heterocycles.